The van der Waals surface area contributed by atoms with E-state index >= 15 is 0 Å². The molecule has 0 unspecified atom stereocenters. The van der Waals surface area contributed by atoms with Crippen molar-refractivity contribution in [3.05, 3.63) is 0 Å². The van der Waals surface area contributed by atoms with Crippen LogP contribution in [0.4, 0.5) is 0 Å². The zero-order valence-corrected chi connectivity index (χ0v) is 12.3. The van der Waals surface area contributed by atoms with Crippen LogP contribution in [0.15, 0.2) is 0 Å². The number of rotatable bonds is 9. The van der Waals surface area contributed by atoms with Crippen LogP contribution in [-0.2, 0) is 9.53 Å². The zero-order valence-electron chi connectivity index (χ0n) is 10.7. The van der Waals surface area contributed by atoms with Gasteiger partial charge in [0.05, 0.1) is 0 Å². The first kappa shape index (κ1) is 15.9. The average molecular weight is 294 g/mol. The molecule has 0 rings (SSSR count). The summed E-state index contributed by atoms with van der Waals surface area (Å²) >= 11 is 3.39. The predicted octanol–water partition coefficient (Wildman–Crippen LogP) is 2.83. The molecule has 0 aromatic carbocycles. The number of alkyl halides is 1. The fourth-order valence-corrected chi connectivity index (χ4v) is 2.10. The molecule has 1 amide bonds. The first-order valence-electron chi connectivity index (χ1n) is 6.14. The number of amides is 1. The number of ether oxygens (including phenoxy) is 1. The van der Waals surface area contributed by atoms with Crippen molar-refractivity contribution in [2.24, 2.45) is 0 Å². The SMILES string of the molecule is CCCOCC(=O)N(CCBr)C(CC)CC. The van der Waals surface area contributed by atoms with Crippen molar-refractivity contribution in [3.8, 4) is 0 Å². The number of carbonyl (C=O) groups excluding carboxylic acids is 1. The van der Waals surface area contributed by atoms with E-state index in [2.05, 4.69) is 29.8 Å². The van der Waals surface area contributed by atoms with Gasteiger partial charge in [-0.2, -0.15) is 0 Å². The smallest absolute Gasteiger partial charge is 0.248 e. The van der Waals surface area contributed by atoms with Crippen molar-refractivity contribution in [3.63, 3.8) is 0 Å². The van der Waals surface area contributed by atoms with Crippen LogP contribution in [0.25, 0.3) is 0 Å². The van der Waals surface area contributed by atoms with Gasteiger partial charge in [0.15, 0.2) is 0 Å². The minimum absolute atomic E-state index is 0.113. The van der Waals surface area contributed by atoms with Gasteiger partial charge in [-0.25, -0.2) is 0 Å². The van der Waals surface area contributed by atoms with Crippen LogP contribution in [0.1, 0.15) is 40.0 Å². The van der Waals surface area contributed by atoms with Crippen LogP contribution in [0.2, 0.25) is 0 Å². The molecule has 0 aromatic rings. The van der Waals surface area contributed by atoms with Gasteiger partial charge in [-0.05, 0) is 19.3 Å². The molecule has 4 heteroatoms. The summed E-state index contributed by atoms with van der Waals surface area (Å²) in [6.07, 6.45) is 2.96. The monoisotopic (exact) mass is 293 g/mol. The Morgan fingerprint density at radius 2 is 1.94 bits per heavy atom. The fraction of sp³-hybridized carbons (Fsp3) is 0.917. The average Bonchev–Trinajstić information content (AvgIpc) is 2.29. The van der Waals surface area contributed by atoms with E-state index in [1.165, 1.54) is 0 Å². The van der Waals surface area contributed by atoms with Crippen LogP contribution in [0.3, 0.4) is 0 Å². The zero-order chi connectivity index (χ0) is 12.4. The molecule has 0 aromatic heterocycles. The number of carbonyl (C=O) groups is 1. The second kappa shape index (κ2) is 10.1. The first-order valence-corrected chi connectivity index (χ1v) is 7.26. The lowest BCUT2D eigenvalue weighted by molar-refractivity contribution is -0.138. The molecule has 0 spiro atoms. The van der Waals surface area contributed by atoms with Gasteiger partial charge in [0.2, 0.25) is 5.91 Å². The summed E-state index contributed by atoms with van der Waals surface area (Å²) < 4.78 is 5.30. The van der Waals surface area contributed by atoms with Gasteiger partial charge >= 0.3 is 0 Å². The van der Waals surface area contributed by atoms with E-state index in [9.17, 15) is 4.79 Å². The normalized spacial score (nSPS) is 10.8. The van der Waals surface area contributed by atoms with Crippen molar-refractivity contribution in [1.29, 1.82) is 0 Å². The maximum Gasteiger partial charge on any atom is 0.248 e. The second-order valence-electron chi connectivity index (χ2n) is 3.80. The summed E-state index contributed by atoms with van der Waals surface area (Å²) in [6.45, 7) is 7.93. The van der Waals surface area contributed by atoms with Crippen molar-refractivity contribution in [2.45, 2.75) is 46.1 Å². The van der Waals surface area contributed by atoms with Gasteiger partial charge in [0.25, 0.3) is 0 Å². The quantitative estimate of drug-likeness (QED) is 0.483. The van der Waals surface area contributed by atoms with Gasteiger partial charge in [-0.3, -0.25) is 4.79 Å². The maximum atomic E-state index is 11.9. The molecule has 0 radical (unpaired) electrons. The largest absolute Gasteiger partial charge is 0.372 e. The second-order valence-corrected chi connectivity index (χ2v) is 4.59. The van der Waals surface area contributed by atoms with E-state index in [1.54, 1.807) is 0 Å². The van der Waals surface area contributed by atoms with Gasteiger partial charge in [-0.15, -0.1) is 0 Å². The van der Waals surface area contributed by atoms with Crippen LogP contribution >= 0.6 is 15.9 Å². The molecular formula is C12H24BrNO2. The van der Waals surface area contributed by atoms with Crippen LogP contribution in [0, 0.1) is 0 Å². The van der Waals surface area contributed by atoms with E-state index in [-0.39, 0.29) is 12.5 Å². The fourth-order valence-electron chi connectivity index (χ4n) is 1.72. The summed E-state index contributed by atoms with van der Waals surface area (Å²) in [7, 11) is 0. The molecule has 16 heavy (non-hydrogen) atoms. The van der Waals surface area contributed by atoms with E-state index in [0.717, 1.165) is 31.1 Å². The highest BCUT2D eigenvalue weighted by molar-refractivity contribution is 9.09. The number of hydrogen-bond acceptors (Lipinski definition) is 2. The Hall–Kier alpha value is -0.0900. The van der Waals surface area contributed by atoms with Crippen molar-refractivity contribution in [1.82, 2.24) is 4.90 Å². The van der Waals surface area contributed by atoms with Gasteiger partial charge in [-0.1, -0.05) is 36.7 Å². The summed E-state index contributed by atoms with van der Waals surface area (Å²) in [4.78, 5) is 13.9. The van der Waals surface area contributed by atoms with E-state index in [4.69, 9.17) is 4.74 Å². The van der Waals surface area contributed by atoms with E-state index < -0.39 is 0 Å². The third-order valence-electron chi connectivity index (χ3n) is 2.60. The molecule has 0 saturated carbocycles. The Balaban J connectivity index is 4.21. The third-order valence-corrected chi connectivity index (χ3v) is 2.96. The molecule has 0 aliphatic rings. The lowest BCUT2D eigenvalue weighted by Crippen LogP contribution is -2.43. The van der Waals surface area contributed by atoms with Crippen molar-refractivity contribution >= 4 is 21.8 Å². The molecule has 3 nitrogen and oxygen atoms in total. The Bertz CT molecular complexity index is 184. The highest BCUT2D eigenvalue weighted by atomic mass is 79.9. The summed E-state index contributed by atoms with van der Waals surface area (Å²) in [5.74, 6) is 0.113. The number of halogens is 1. The predicted molar refractivity (Wildman–Crippen MR) is 71.0 cm³/mol. The number of nitrogens with zero attached hydrogens (tertiary/aromatic N) is 1. The molecule has 96 valence electrons. The van der Waals surface area contributed by atoms with E-state index in [0.29, 0.717) is 12.6 Å². The first-order chi connectivity index (χ1) is 7.71. The minimum Gasteiger partial charge on any atom is -0.372 e. The summed E-state index contributed by atoms with van der Waals surface area (Å²) in [5, 5.41) is 0.822. The minimum atomic E-state index is 0.113. The molecule has 0 bridgehead atoms. The molecule has 0 aliphatic carbocycles. The molecule has 0 N–H and O–H groups in total. The molecule has 0 aliphatic heterocycles. The van der Waals surface area contributed by atoms with Gasteiger partial charge in [0, 0.05) is 24.5 Å². The molecule has 0 heterocycles. The highest BCUT2D eigenvalue weighted by Gasteiger charge is 2.19. The maximum absolute atomic E-state index is 11.9. The molecular weight excluding hydrogens is 270 g/mol. The summed E-state index contributed by atoms with van der Waals surface area (Å²) in [5.41, 5.74) is 0. The lowest BCUT2D eigenvalue weighted by atomic mass is 10.1. The van der Waals surface area contributed by atoms with E-state index in [1.807, 2.05) is 11.8 Å². The summed E-state index contributed by atoms with van der Waals surface area (Å²) in [6, 6.07) is 0.343. The third kappa shape index (κ3) is 5.85. The lowest BCUT2D eigenvalue weighted by Gasteiger charge is -2.30. The standard InChI is InChI=1S/C12H24BrNO2/c1-4-9-16-10-12(15)14(8-7-13)11(5-2)6-3/h11H,4-10H2,1-3H3. The Morgan fingerprint density at radius 3 is 2.38 bits per heavy atom. The Kier molecular flexibility index (Phi) is 10.0. The van der Waals surface area contributed by atoms with Crippen LogP contribution < -0.4 is 0 Å². The Labute approximate surface area is 108 Å². The molecule has 0 saturated heterocycles. The highest BCUT2D eigenvalue weighted by Crippen LogP contribution is 2.09. The molecule has 0 atom stereocenters. The molecule has 0 fully saturated rings. The van der Waals surface area contributed by atoms with Crippen molar-refractivity contribution < 1.29 is 9.53 Å². The Morgan fingerprint density at radius 1 is 1.31 bits per heavy atom. The van der Waals surface area contributed by atoms with Crippen LogP contribution in [-0.4, -0.2) is 41.9 Å². The van der Waals surface area contributed by atoms with Crippen LogP contribution in [0.5, 0.6) is 0 Å². The topological polar surface area (TPSA) is 29.5 Å². The van der Waals surface area contributed by atoms with Gasteiger partial charge < -0.3 is 9.64 Å². The van der Waals surface area contributed by atoms with Gasteiger partial charge in [0.1, 0.15) is 6.61 Å². The number of hydrogen-bond donors (Lipinski definition) is 0. The van der Waals surface area contributed by atoms with Crippen molar-refractivity contribution in [2.75, 3.05) is 25.1 Å².